The van der Waals surface area contributed by atoms with Crippen LogP contribution in [0.5, 0.6) is 0 Å². The SMILES string of the molecule is CC(C)(C)c1cc2nnc(C(C)(C)[NH2+][C-]=O)n2[nH]1. The maximum Gasteiger partial charge on any atom is 0.211 e. The monoisotopic (exact) mass is 249 g/mol. The summed E-state index contributed by atoms with van der Waals surface area (Å²) < 4.78 is 1.83. The van der Waals surface area contributed by atoms with Crippen LogP contribution in [0.15, 0.2) is 6.07 Å². The second-order valence-electron chi connectivity index (χ2n) is 6.12. The molecule has 0 aromatic carbocycles. The number of nitrogens with two attached hydrogens (primary N) is 1. The number of amides is 1. The Labute approximate surface area is 106 Å². The molecule has 1 amide bonds. The lowest BCUT2D eigenvalue weighted by Crippen LogP contribution is -2.92. The average Bonchev–Trinajstić information content (AvgIpc) is 2.72. The van der Waals surface area contributed by atoms with Gasteiger partial charge in [0.05, 0.1) is 0 Å². The van der Waals surface area contributed by atoms with E-state index in [9.17, 15) is 4.79 Å². The van der Waals surface area contributed by atoms with E-state index in [0.29, 0.717) is 5.82 Å². The number of hydrogen-bond donors (Lipinski definition) is 2. The highest BCUT2D eigenvalue weighted by Gasteiger charge is 2.29. The molecule has 0 bridgehead atoms. The van der Waals surface area contributed by atoms with Crippen LogP contribution in [0.3, 0.4) is 0 Å². The smallest absolute Gasteiger partial charge is 0.211 e. The normalized spacial score (nSPS) is 13.2. The summed E-state index contributed by atoms with van der Waals surface area (Å²) in [6, 6.07) is 1.98. The van der Waals surface area contributed by atoms with E-state index in [4.69, 9.17) is 0 Å². The van der Waals surface area contributed by atoms with Crippen molar-refractivity contribution < 1.29 is 10.1 Å². The predicted octanol–water partition coefficient (Wildman–Crippen LogP) is 0.221. The third-order valence-corrected chi connectivity index (χ3v) is 3.00. The molecule has 0 radical (unpaired) electrons. The van der Waals surface area contributed by atoms with Crippen LogP contribution in [0.4, 0.5) is 0 Å². The Morgan fingerprint density at radius 3 is 2.50 bits per heavy atom. The molecule has 2 aromatic rings. The van der Waals surface area contributed by atoms with Crippen LogP contribution in [-0.2, 0) is 15.7 Å². The van der Waals surface area contributed by atoms with Crippen LogP contribution in [0.1, 0.15) is 46.1 Å². The van der Waals surface area contributed by atoms with Gasteiger partial charge in [0.1, 0.15) is 5.54 Å². The van der Waals surface area contributed by atoms with Crippen LogP contribution < -0.4 is 5.32 Å². The molecule has 18 heavy (non-hydrogen) atoms. The van der Waals surface area contributed by atoms with Crippen LogP contribution >= 0.6 is 0 Å². The van der Waals surface area contributed by atoms with Gasteiger partial charge in [-0.2, -0.15) is 0 Å². The van der Waals surface area contributed by atoms with Crippen molar-refractivity contribution in [3.63, 3.8) is 0 Å². The van der Waals surface area contributed by atoms with Gasteiger partial charge in [0, 0.05) is 17.2 Å². The minimum Gasteiger partial charge on any atom is -0.475 e. The number of fused-ring (bicyclic) bond motifs is 1. The van der Waals surface area contributed by atoms with Gasteiger partial charge in [0.15, 0.2) is 5.65 Å². The maximum atomic E-state index is 10.6. The molecule has 0 atom stereocenters. The molecule has 0 spiro atoms. The molecule has 0 aliphatic heterocycles. The lowest BCUT2D eigenvalue weighted by atomic mass is 9.93. The zero-order chi connectivity index (χ0) is 13.6. The van der Waals surface area contributed by atoms with E-state index >= 15 is 0 Å². The summed E-state index contributed by atoms with van der Waals surface area (Å²) in [5, 5.41) is 13.0. The summed E-state index contributed by atoms with van der Waals surface area (Å²) in [5.74, 6) is 0.705. The summed E-state index contributed by atoms with van der Waals surface area (Å²) >= 11 is 0. The molecule has 3 N–H and O–H groups in total. The Bertz CT molecular complexity index is 573. The number of rotatable bonds is 3. The van der Waals surface area contributed by atoms with E-state index in [-0.39, 0.29) is 5.41 Å². The Kier molecular flexibility index (Phi) is 2.77. The van der Waals surface area contributed by atoms with E-state index in [1.54, 1.807) is 0 Å². The van der Waals surface area contributed by atoms with Crippen molar-refractivity contribution in [2.75, 3.05) is 0 Å². The zero-order valence-electron chi connectivity index (χ0n) is 11.4. The van der Waals surface area contributed by atoms with E-state index < -0.39 is 5.54 Å². The van der Waals surface area contributed by atoms with E-state index in [2.05, 4.69) is 36.1 Å². The number of hydrogen-bond acceptors (Lipinski definition) is 3. The molecule has 0 saturated heterocycles. The van der Waals surface area contributed by atoms with Crippen molar-refractivity contribution in [2.24, 2.45) is 0 Å². The molecule has 2 heterocycles. The number of aromatic nitrogens is 4. The number of carbonyl (C=O) groups excluding carboxylic acids is 1. The van der Waals surface area contributed by atoms with Gasteiger partial charge in [-0.1, -0.05) is 20.8 Å². The fraction of sp³-hybridized carbons (Fsp3) is 0.583. The summed E-state index contributed by atoms with van der Waals surface area (Å²) in [7, 11) is 0. The second kappa shape index (κ2) is 3.91. The van der Waals surface area contributed by atoms with Crippen LogP contribution in [0.25, 0.3) is 5.65 Å². The molecule has 6 heteroatoms. The zero-order valence-corrected chi connectivity index (χ0v) is 11.4. The second-order valence-corrected chi connectivity index (χ2v) is 6.12. The number of primary amides is 1. The minimum absolute atomic E-state index is 0.0165. The number of nitrogens with one attached hydrogen (secondary N) is 1. The molecule has 0 aliphatic rings. The summed E-state index contributed by atoms with van der Waals surface area (Å²) in [5.41, 5.74) is 1.37. The molecule has 0 aliphatic carbocycles. The van der Waals surface area contributed by atoms with Crippen molar-refractivity contribution in [1.82, 2.24) is 19.8 Å². The first-order chi connectivity index (χ1) is 8.25. The standard InChI is InChI=1S/C12H19N5O/c1-11(2,3)8-6-9-14-15-10(17(9)16-8)12(4,5)13-7-18/h6,16H,13H2,1-5H3. The Morgan fingerprint density at radius 2 is 1.94 bits per heavy atom. The highest BCUT2D eigenvalue weighted by Crippen LogP contribution is 2.23. The first-order valence-electron chi connectivity index (χ1n) is 5.93. The third kappa shape index (κ3) is 2.03. The van der Waals surface area contributed by atoms with E-state index in [0.717, 1.165) is 11.3 Å². The van der Waals surface area contributed by atoms with Gasteiger partial charge in [-0.3, -0.25) is 5.10 Å². The van der Waals surface area contributed by atoms with Gasteiger partial charge in [0.2, 0.25) is 5.82 Å². The van der Waals surface area contributed by atoms with Gasteiger partial charge >= 0.3 is 0 Å². The summed E-state index contributed by atoms with van der Waals surface area (Å²) in [4.78, 5) is 10.6. The van der Waals surface area contributed by atoms with Gasteiger partial charge in [-0.25, -0.2) is 4.52 Å². The first kappa shape index (κ1) is 12.8. The molecule has 6 nitrogen and oxygen atoms in total. The Morgan fingerprint density at radius 1 is 1.28 bits per heavy atom. The largest absolute Gasteiger partial charge is 0.475 e. The van der Waals surface area contributed by atoms with Gasteiger partial charge in [-0.05, 0) is 20.3 Å². The summed E-state index contributed by atoms with van der Waals surface area (Å²) in [6.07, 6.45) is 1.83. The lowest BCUT2D eigenvalue weighted by molar-refractivity contribution is -0.627. The average molecular weight is 249 g/mol. The van der Waals surface area contributed by atoms with Crippen molar-refractivity contribution in [3.05, 3.63) is 17.6 Å². The van der Waals surface area contributed by atoms with Gasteiger partial charge in [-0.15, -0.1) is 10.2 Å². The highest BCUT2D eigenvalue weighted by molar-refractivity contribution is 5.42. The number of H-pyrrole nitrogens is 1. The number of nitrogens with zero attached hydrogens (tertiary/aromatic N) is 3. The third-order valence-electron chi connectivity index (χ3n) is 3.00. The van der Waals surface area contributed by atoms with Crippen LogP contribution in [-0.4, -0.2) is 26.2 Å². The molecule has 0 unspecified atom stereocenters. The summed E-state index contributed by atoms with van der Waals surface area (Å²) in [6.45, 7) is 10.2. The molecule has 2 rings (SSSR count). The Hall–Kier alpha value is -1.69. The molecule has 0 saturated carbocycles. The van der Waals surface area contributed by atoms with E-state index in [1.165, 1.54) is 5.32 Å². The van der Waals surface area contributed by atoms with Crippen molar-refractivity contribution in [1.29, 1.82) is 0 Å². The highest BCUT2D eigenvalue weighted by atomic mass is 16.1. The van der Waals surface area contributed by atoms with Crippen molar-refractivity contribution in [3.8, 4) is 0 Å². The van der Waals surface area contributed by atoms with Crippen molar-refractivity contribution in [2.45, 2.75) is 45.6 Å². The van der Waals surface area contributed by atoms with Crippen molar-refractivity contribution >= 4 is 12.1 Å². The minimum atomic E-state index is -0.499. The maximum absolute atomic E-state index is 10.6. The van der Waals surface area contributed by atoms with E-state index in [1.807, 2.05) is 30.8 Å². The Balaban J connectivity index is 2.54. The van der Waals surface area contributed by atoms with Gasteiger partial charge in [0.25, 0.3) is 0 Å². The van der Waals surface area contributed by atoms with Gasteiger partial charge < -0.3 is 10.1 Å². The first-order valence-corrected chi connectivity index (χ1v) is 5.93. The quantitative estimate of drug-likeness (QED) is 0.764. The molecule has 0 fully saturated rings. The topological polar surface area (TPSA) is 79.7 Å². The van der Waals surface area contributed by atoms with Crippen LogP contribution in [0.2, 0.25) is 0 Å². The molecular weight excluding hydrogens is 230 g/mol. The fourth-order valence-corrected chi connectivity index (χ4v) is 1.80. The fourth-order valence-electron chi connectivity index (χ4n) is 1.80. The van der Waals surface area contributed by atoms with Crippen LogP contribution in [0, 0.1) is 0 Å². The molecule has 98 valence electrons. The predicted molar refractivity (Wildman–Crippen MR) is 66.7 cm³/mol. The number of quaternary nitrogens is 1. The molecule has 2 aromatic heterocycles. The number of aromatic amines is 1. The molecular formula is C12H19N5O. The lowest BCUT2D eigenvalue weighted by Gasteiger charge is -2.22.